The van der Waals surface area contributed by atoms with Gasteiger partial charge in [-0.25, -0.2) is 0 Å². The lowest BCUT2D eigenvalue weighted by Crippen LogP contribution is -2.51. The number of hydrogen-bond acceptors (Lipinski definition) is 4. The zero-order chi connectivity index (χ0) is 16.3. The van der Waals surface area contributed by atoms with Crippen LogP contribution in [0.4, 0.5) is 5.69 Å². The molecule has 0 spiro atoms. The number of nitrogens with one attached hydrogen (secondary N) is 1. The fraction of sp³-hybridized carbons (Fsp3) is 0.500. The van der Waals surface area contributed by atoms with Gasteiger partial charge in [0, 0.05) is 25.0 Å². The van der Waals surface area contributed by atoms with Crippen molar-refractivity contribution in [3.05, 3.63) is 24.3 Å². The van der Waals surface area contributed by atoms with Gasteiger partial charge in [-0.15, -0.1) is 12.4 Å². The Kier molecular flexibility index (Phi) is 6.41. The van der Waals surface area contributed by atoms with Crippen molar-refractivity contribution in [2.24, 2.45) is 11.7 Å². The lowest BCUT2D eigenvalue weighted by atomic mass is 10.0. The van der Waals surface area contributed by atoms with Crippen LogP contribution in [-0.4, -0.2) is 37.6 Å². The highest BCUT2D eigenvalue weighted by Gasteiger charge is 2.37. The van der Waals surface area contributed by atoms with Crippen LogP contribution in [-0.2, 0) is 9.59 Å². The van der Waals surface area contributed by atoms with Crippen LogP contribution in [0.2, 0.25) is 0 Å². The monoisotopic (exact) mass is 341 g/mol. The van der Waals surface area contributed by atoms with Crippen molar-refractivity contribution in [1.82, 2.24) is 5.32 Å². The first-order chi connectivity index (χ1) is 10.4. The summed E-state index contributed by atoms with van der Waals surface area (Å²) in [5.41, 5.74) is 5.85. The lowest BCUT2D eigenvalue weighted by molar-refractivity contribution is -0.127. The summed E-state index contributed by atoms with van der Waals surface area (Å²) in [6, 6.07) is 7.31. The number of methoxy groups -OCH3 is 1. The van der Waals surface area contributed by atoms with Crippen LogP contribution < -0.4 is 20.7 Å². The highest BCUT2D eigenvalue weighted by Crippen LogP contribution is 2.32. The largest absolute Gasteiger partial charge is 0.495 e. The van der Waals surface area contributed by atoms with Gasteiger partial charge in [0.2, 0.25) is 11.8 Å². The van der Waals surface area contributed by atoms with Crippen LogP contribution in [0.3, 0.4) is 0 Å². The molecule has 1 unspecified atom stereocenters. The van der Waals surface area contributed by atoms with Gasteiger partial charge in [-0.2, -0.15) is 0 Å². The highest BCUT2D eigenvalue weighted by molar-refractivity contribution is 6.01. The molecule has 1 saturated heterocycles. The number of ether oxygens (including phenoxy) is 1. The summed E-state index contributed by atoms with van der Waals surface area (Å²) < 4.78 is 5.29. The van der Waals surface area contributed by atoms with Crippen molar-refractivity contribution in [3.63, 3.8) is 0 Å². The Morgan fingerprint density at radius 1 is 1.43 bits per heavy atom. The van der Waals surface area contributed by atoms with Gasteiger partial charge < -0.3 is 20.7 Å². The zero-order valence-corrected chi connectivity index (χ0v) is 14.5. The molecule has 1 heterocycles. The molecule has 1 atom stereocenters. The summed E-state index contributed by atoms with van der Waals surface area (Å²) in [5, 5.41) is 2.89. The van der Waals surface area contributed by atoms with Crippen molar-refractivity contribution < 1.29 is 14.3 Å². The van der Waals surface area contributed by atoms with E-state index in [1.165, 1.54) is 0 Å². The summed E-state index contributed by atoms with van der Waals surface area (Å²) in [4.78, 5) is 26.2. The van der Waals surface area contributed by atoms with Gasteiger partial charge in [-0.1, -0.05) is 12.1 Å². The number of amides is 2. The minimum Gasteiger partial charge on any atom is -0.495 e. The molecule has 0 saturated carbocycles. The molecule has 6 nitrogen and oxygen atoms in total. The third-order valence-electron chi connectivity index (χ3n) is 3.84. The van der Waals surface area contributed by atoms with E-state index in [1.54, 1.807) is 18.1 Å². The fourth-order valence-corrected chi connectivity index (χ4v) is 2.46. The first kappa shape index (κ1) is 19.3. The topological polar surface area (TPSA) is 84.7 Å². The van der Waals surface area contributed by atoms with E-state index in [1.807, 2.05) is 32.0 Å². The number of anilines is 1. The van der Waals surface area contributed by atoms with Crippen molar-refractivity contribution >= 4 is 29.9 Å². The minimum atomic E-state index is -0.474. The standard InChI is InChI=1S/C16H23N3O3.ClH/c1-16(2,10-17)18-15(21)11-8-14(20)19(9-11)12-6-4-5-7-13(12)22-3;/h4-7,11H,8-10,17H2,1-3H3,(H,18,21);1H. The summed E-state index contributed by atoms with van der Waals surface area (Å²) in [7, 11) is 1.56. The molecule has 1 fully saturated rings. The lowest BCUT2D eigenvalue weighted by Gasteiger charge is -2.26. The molecule has 0 bridgehead atoms. The molecule has 1 aromatic rings. The van der Waals surface area contributed by atoms with E-state index in [2.05, 4.69) is 5.32 Å². The second-order valence-corrected chi connectivity index (χ2v) is 6.15. The van der Waals surface area contributed by atoms with Crippen molar-refractivity contribution in [1.29, 1.82) is 0 Å². The van der Waals surface area contributed by atoms with Gasteiger partial charge in [-0.3, -0.25) is 9.59 Å². The van der Waals surface area contributed by atoms with E-state index in [9.17, 15) is 9.59 Å². The average molecular weight is 342 g/mol. The van der Waals surface area contributed by atoms with E-state index in [4.69, 9.17) is 10.5 Å². The first-order valence-electron chi connectivity index (χ1n) is 7.33. The second kappa shape index (κ2) is 7.66. The molecule has 2 amide bonds. The van der Waals surface area contributed by atoms with Crippen LogP contribution in [0.1, 0.15) is 20.3 Å². The predicted molar refractivity (Wildman–Crippen MR) is 92.0 cm³/mol. The number of nitrogens with two attached hydrogens (primary N) is 1. The van der Waals surface area contributed by atoms with E-state index in [-0.39, 0.29) is 36.6 Å². The predicted octanol–water partition coefficient (Wildman–Crippen LogP) is 1.32. The Morgan fingerprint density at radius 3 is 2.70 bits per heavy atom. The van der Waals surface area contributed by atoms with E-state index in [0.29, 0.717) is 24.5 Å². The Morgan fingerprint density at radius 2 is 2.09 bits per heavy atom. The number of para-hydroxylation sites is 2. The van der Waals surface area contributed by atoms with Crippen molar-refractivity contribution in [2.45, 2.75) is 25.8 Å². The molecule has 23 heavy (non-hydrogen) atoms. The minimum absolute atomic E-state index is 0. The van der Waals surface area contributed by atoms with Crippen LogP contribution in [0.5, 0.6) is 5.75 Å². The Bertz CT molecular complexity index is 577. The van der Waals surface area contributed by atoms with Gasteiger partial charge in [0.25, 0.3) is 0 Å². The molecule has 1 aliphatic heterocycles. The molecular weight excluding hydrogens is 318 g/mol. The normalized spacial score (nSPS) is 17.7. The number of hydrogen-bond donors (Lipinski definition) is 2. The van der Waals surface area contributed by atoms with Gasteiger partial charge in [-0.05, 0) is 26.0 Å². The zero-order valence-electron chi connectivity index (χ0n) is 13.7. The summed E-state index contributed by atoms with van der Waals surface area (Å²) >= 11 is 0. The van der Waals surface area contributed by atoms with Gasteiger partial charge >= 0.3 is 0 Å². The van der Waals surface area contributed by atoms with E-state index in [0.717, 1.165) is 0 Å². The van der Waals surface area contributed by atoms with Crippen LogP contribution >= 0.6 is 12.4 Å². The smallest absolute Gasteiger partial charge is 0.227 e. The highest BCUT2D eigenvalue weighted by atomic mass is 35.5. The molecule has 128 valence electrons. The Labute approximate surface area is 142 Å². The Balaban J connectivity index is 0.00000264. The molecule has 1 aromatic carbocycles. The number of benzene rings is 1. The third-order valence-corrected chi connectivity index (χ3v) is 3.84. The molecule has 0 aromatic heterocycles. The molecular formula is C16H24ClN3O3. The third kappa shape index (κ3) is 4.36. The van der Waals surface area contributed by atoms with Crippen LogP contribution in [0.15, 0.2) is 24.3 Å². The van der Waals surface area contributed by atoms with E-state index < -0.39 is 5.54 Å². The maximum Gasteiger partial charge on any atom is 0.227 e. The number of nitrogens with zero attached hydrogens (tertiary/aromatic N) is 1. The molecule has 0 radical (unpaired) electrons. The van der Waals surface area contributed by atoms with Gasteiger partial charge in [0.1, 0.15) is 5.75 Å². The Hall–Kier alpha value is -1.79. The van der Waals surface area contributed by atoms with E-state index >= 15 is 0 Å². The molecule has 1 aliphatic rings. The number of rotatable bonds is 5. The summed E-state index contributed by atoms with van der Waals surface area (Å²) in [5.74, 6) is 0.0406. The summed E-state index contributed by atoms with van der Waals surface area (Å²) in [6.45, 7) is 4.42. The van der Waals surface area contributed by atoms with Crippen molar-refractivity contribution in [3.8, 4) is 5.75 Å². The van der Waals surface area contributed by atoms with Gasteiger partial charge in [0.15, 0.2) is 0 Å². The average Bonchev–Trinajstić information content (AvgIpc) is 2.89. The summed E-state index contributed by atoms with van der Waals surface area (Å²) in [6.07, 6.45) is 0.199. The molecule has 0 aliphatic carbocycles. The van der Waals surface area contributed by atoms with Crippen molar-refractivity contribution in [2.75, 3.05) is 25.1 Å². The SMILES string of the molecule is COc1ccccc1N1CC(C(=O)NC(C)(C)CN)CC1=O.Cl. The molecule has 2 rings (SSSR count). The molecule has 7 heteroatoms. The molecule has 3 N–H and O–H groups in total. The van der Waals surface area contributed by atoms with Gasteiger partial charge in [0.05, 0.1) is 18.7 Å². The maximum atomic E-state index is 12.3. The quantitative estimate of drug-likeness (QED) is 0.846. The van der Waals surface area contributed by atoms with Crippen LogP contribution in [0, 0.1) is 5.92 Å². The second-order valence-electron chi connectivity index (χ2n) is 6.15. The number of carbonyl (C=O) groups is 2. The fourth-order valence-electron chi connectivity index (χ4n) is 2.46. The number of carbonyl (C=O) groups excluding carboxylic acids is 2. The van der Waals surface area contributed by atoms with Crippen LogP contribution in [0.25, 0.3) is 0 Å². The maximum absolute atomic E-state index is 12.3. The number of halogens is 1. The first-order valence-corrected chi connectivity index (χ1v) is 7.33.